The Hall–Kier alpha value is 2.95. The van der Waals surface area contributed by atoms with Crippen molar-refractivity contribution < 1.29 is 52.8 Å². The maximum atomic E-state index is 0. The van der Waals surface area contributed by atoms with Crippen molar-refractivity contribution in [3.63, 3.8) is 0 Å². The summed E-state index contributed by atoms with van der Waals surface area (Å²) in [5.41, 5.74) is 0. The molecule has 0 atom stereocenters. The van der Waals surface area contributed by atoms with Gasteiger partial charge in [-0.15, -0.1) is 48.8 Å². The molecule has 0 N–H and O–H groups in total. The van der Waals surface area contributed by atoms with Crippen LogP contribution in [0.3, 0.4) is 0 Å². The van der Waals surface area contributed by atoms with Gasteiger partial charge in [-0.1, -0.05) is 0 Å². The van der Waals surface area contributed by atoms with Crippen LogP contribution in [0.5, 0.6) is 0 Å². The minimum atomic E-state index is 0. The normalized spacial score (nSPS) is 0. The van der Waals surface area contributed by atoms with Crippen LogP contribution in [-0.2, 0) is 0 Å². The zero-order valence-electron chi connectivity index (χ0n) is 3.22. The van der Waals surface area contributed by atoms with Crippen molar-refractivity contribution in [3.05, 3.63) is 0 Å². The molecule has 0 saturated heterocycles. The zero-order valence-corrected chi connectivity index (χ0v) is 9.31. The van der Waals surface area contributed by atoms with Crippen LogP contribution >= 0.6 is 48.8 Å². The van der Waals surface area contributed by atoms with Gasteiger partial charge < -0.3 is 1.43 Å². The average Bonchev–Trinajstić information content (AvgIpc) is 0. The summed E-state index contributed by atoms with van der Waals surface area (Å²) < 4.78 is 0. The zero-order chi connectivity index (χ0) is 0. The van der Waals surface area contributed by atoms with E-state index in [1.54, 1.807) is 0 Å². The second-order valence-electron chi connectivity index (χ2n) is 0. The Balaban J connectivity index is 0. The molecular weight excluding hydrogens is 237 g/mol. The molecule has 0 unspecified atom stereocenters. The van der Waals surface area contributed by atoms with E-state index in [-0.39, 0.29) is 102 Å². The number of hydrogen-bond acceptors (Lipinski definition) is 0. The van der Waals surface area contributed by atoms with Gasteiger partial charge in [-0.2, -0.15) is 0 Å². The van der Waals surface area contributed by atoms with Crippen molar-refractivity contribution in [1.82, 2.24) is 0 Å². The third kappa shape index (κ3) is 8.87. The summed E-state index contributed by atoms with van der Waals surface area (Å²) in [7, 11) is 0. The Labute approximate surface area is 99.2 Å². The number of halogens is 3. The van der Waals surface area contributed by atoms with E-state index in [2.05, 4.69) is 0 Å². The Bertz CT molecular complexity index is 9.61. The van der Waals surface area contributed by atoms with E-state index in [0.29, 0.717) is 0 Å². The first-order valence-corrected chi connectivity index (χ1v) is 0. The van der Waals surface area contributed by atoms with E-state index >= 15 is 0 Å². The first-order chi connectivity index (χ1) is 0. The van der Waals surface area contributed by atoms with Gasteiger partial charge in [-0.3, -0.25) is 0 Å². The number of rotatable bonds is 0. The SMILES string of the molecule is Cl.Cl.I.[H-].[K+]. The molecule has 0 fully saturated rings. The fraction of sp³-hybridized carbons (Fsp3) is 0. The molecule has 0 aliphatic carbocycles. The molecule has 0 aromatic carbocycles. The van der Waals surface area contributed by atoms with Crippen LogP contribution in [0, 0.1) is 0 Å². The summed E-state index contributed by atoms with van der Waals surface area (Å²) in [6, 6.07) is 0. The van der Waals surface area contributed by atoms with Gasteiger partial charge in [-0.25, -0.2) is 0 Å². The van der Waals surface area contributed by atoms with E-state index in [9.17, 15) is 0 Å². The first-order valence-electron chi connectivity index (χ1n) is 0. The average molecular weight is 241 g/mol. The molecule has 0 heterocycles. The smallest absolute Gasteiger partial charge is 1.00 e. The van der Waals surface area contributed by atoms with Crippen molar-refractivity contribution in [1.29, 1.82) is 0 Å². The van der Waals surface area contributed by atoms with Crippen molar-refractivity contribution >= 4 is 48.8 Å². The van der Waals surface area contributed by atoms with E-state index < -0.39 is 0 Å². The molecule has 0 bridgehead atoms. The van der Waals surface area contributed by atoms with Gasteiger partial charge in [0.15, 0.2) is 0 Å². The van der Waals surface area contributed by atoms with Gasteiger partial charge in [0.1, 0.15) is 0 Å². The largest absolute Gasteiger partial charge is 1.00 e. The van der Waals surface area contributed by atoms with Crippen LogP contribution in [0.25, 0.3) is 0 Å². The summed E-state index contributed by atoms with van der Waals surface area (Å²) in [4.78, 5) is 0. The molecule has 0 aliphatic rings. The topological polar surface area (TPSA) is 0 Å². The quantitative estimate of drug-likeness (QED) is 0.360. The maximum Gasteiger partial charge on any atom is 1.00 e. The van der Waals surface area contributed by atoms with E-state index in [1.165, 1.54) is 0 Å². The Morgan fingerprint density at radius 2 is 1.00 bits per heavy atom. The van der Waals surface area contributed by atoms with Crippen LogP contribution in [0.15, 0.2) is 0 Å². The summed E-state index contributed by atoms with van der Waals surface area (Å²) >= 11 is 0. The van der Waals surface area contributed by atoms with Crippen molar-refractivity contribution in [2.45, 2.75) is 0 Å². The molecule has 0 nitrogen and oxygen atoms in total. The molecule has 26 valence electrons. The van der Waals surface area contributed by atoms with Crippen LogP contribution < -0.4 is 51.4 Å². The summed E-state index contributed by atoms with van der Waals surface area (Å²) in [5.74, 6) is 0. The predicted octanol–water partition coefficient (Wildman–Crippen LogP) is -1.42. The van der Waals surface area contributed by atoms with Gasteiger partial charge in [0.2, 0.25) is 0 Å². The van der Waals surface area contributed by atoms with Gasteiger partial charge in [0.05, 0.1) is 0 Å². The van der Waals surface area contributed by atoms with Gasteiger partial charge in [0.25, 0.3) is 0 Å². The van der Waals surface area contributed by atoms with Crippen molar-refractivity contribution in [2.75, 3.05) is 0 Å². The summed E-state index contributed by atoms with van der Waals surface area (Å²) in [6.45, 7) is 0. The predicted molar refractivity (Wildman–Crippen MR) is 31.0 cm³/mol. The first kappa shape index (κ1) is 28.3. The van der Waals surface area contributed by atoms with Crippen LogP contribution in [0.2, 0.25) is 0 Å². The van der Waals surface area contributed by atoms with Crippen molar-refractivity contribution in [3.8, 4) is 0 Å². The van der Waals surface area contributed by atoms with Crippen molar-refractivity contribution in [2.24, 2.45) is 0 Å². The van der Waals surface area contributed by atoms with Crippen LogP contribution in [-0.4, -0.2) is 0 Å². The maximum absolute atomic E-state index is 0. The van der Waals surface area contributed by atoms with E-state index in [0.717, 1.165) is 0 Å². The molecule has 0 aromatic rings. The molecule has 0 aliphatic heterocycles. The molecule has 0 saturated carbocycles. The Morgan fingerprint density at radius 1 is 1.00 bits per heavy atom. The molecule has 0 spiro atoms. The second kappa shape index (κ2) is 16.8. The summed E-state index contributed by atoms with van der Waals surface area (Å²) in [5, 5.41) is 0. The monoisotopic (exact) mass is 240 g/mol. The minimum absolute atomic E-state index is 0. The fourth-order valence-electron chi connectivity index (χ4n) is 0. The molecule has 0 radical (unpaired) electrons. The van der Waals surface area contributed by atoms with Gasteiger partial charge >= 0.3 is 51.4 Å². The second-order valence-corrected chi connectivity index (χ2v) is 0. The standard InChI is InChI=1S/2ClH.HI.K.H/h3*1H;;/q;;;+1;-1. The molecule has 0 rings (SSSR count). The molecule has 0 aromatic heterocycles. The third-order valence-electron chi connectivity index (χ3n) is 0. The van der Waals surface area contributed by atoms with E-state index in [1.807, 2.05) is 0 Å². The third-order valence-corrected chi connectivity index (χ3v) is 0. The fourth-order valence-corrected chi connectivity index (χ4v) is 0. The van der Waals surface area contributed by atoms with Crippen LogP contribution in [0.1, 0.15) is 1.43 Å². The summed E-state index contributed by atoms with van der Waals surface area (Å²) in [6.07, 6.45) is 0. The van der Waals surface area contributed by atoms with E-state index in [4.69, 9.17) is 0 Å². The molecule has 4 heteroatoms. The number of hydrogen-bond donors (Lipinski definition) is 0. The van der Waals surface area contributed by atoms with Gasteiger partial charge in [0, 0.05) is 0 Å². The van der Waals surface area contributed by atoms with Crippen LogP contribution in [0.4, 0.5) is 0 Å². The van der Waals surface area contributed by atoms with Gasteiger partial charge in [-0.05, 0) is 0 Å². The molecule has 0 amide bonds. The Kier molecular flexibility index (Phi) is 119. The minimum Gasteiger partial charge on any atom is -1.00 e. The molecular formula is H4Cl2IK. The molecule has 4 heavy (non-hydrogen) atoms. The Morgan fingerprint density at radius 3 is 1.00 bits per heavy atom.